The molecule has 2 atom stereocenters. The third-order valence-electron chi connectivity index (χ3n) is 2.55. The number of hydrogen-bond donors (Lipinski definition) is 0. The van der Waals surface area contributed by atoms with Crippen molar-refractivity contribution in [2.24, 2.45) is 5.92 Å². The van der Waals surface area contributed by atoms with E-state index in [9.17, 15) is 0 Å². The highest BCUT2D eigenvalue weighted by Crippen LogP contribution is 2.28. The van der Waals surface area contributed by atoms with Crippen LogP contribution in [0, 0.1) is 5.92 Å². The minimum absolute atomic E-state index is 0.209. The smallest absolute Gasteiger partial charge is 0.163 e. The van der Waals surface area contributed by atoms with Crippen LogP contribution in [-0.4, -0.2) is 18.0 Å². The largest absolute Gasteiger partial charge is 0.347 e. The van der Waals surface area contributed by atoms with Crippen molar-refractivity contribution in [2.75, 3.05) is 0 Å². The minimum Gasteiger partial charge on any atom is -0.347 e. The van der Waals surface area contributed by atoms with E-state index in [0.29, 0.717) is 12.0 Å². The molecule has 1 heterocycles. The lowest BCUT2D eigenvalue weighted by Gasteiger charge is -2.39. The SMILES string of the molecule is CCC1CC(/C=C/C(C)C)OC(C)(C)O1. The Morgan fingerprint density at radius 2 is 2.00 bits per heavy atom. The van der Waals surface area contributed by atoms with E-state index in [0.717, 1.165) is 12.8 Å². The molecule has 0 bridgehead atoms. The van der Waals surface area contributed by atoms with Crippen LogP contribution in [0.15, 0.2) is 12.2 Å². The van der Waals surface area contributed by atoms with E-state index in [1.807, 2.05) is 13.8 Å². The molecule has 88 valence electrons. The molecule has 0 N–H and O–H groups in total. The fraction of sp³-hybridized carbons (Fsp3) is 0.846. The number of allylic oxidation sites excluding steroid dienone is 1. The van der Waals surface area contributed by atoms with E-state index in [-0.39, 0.29) is 6.10 Å². The van der Waals surface area contributed by atoms with Crippen molar-refractivity contribution in [3.8, 4) is 0 Å². The van der Waals surface area contributed by atoms with Crippen molar-refractivity contribution in [1.82, 2.24) is 0 Å². The second kappa shape index (κ2) is 5.13. The molecule has 1 aliphatic rings. The summed E-state index contributed by atoms with van der Waals surface area (Å²) in [5.74, 6) is 0.143. The number of hydrogen-bond acceptors (Lipinski definition) is 2. The lowest BCUT2D eigenvalue weighted by molar-refractivity contribution is -0.290. The first-order chi connectivity index (χ1) is 6.93. The summed E-state index contributed by atoms with van der Waals surface area (Å²) in [5.41, 5.74) is 0. The van der Waals surface area contributed by atoms with Crippen LogP contribution in [0.2, 0.25) is 0 Å². The van der Waals surface area contributed by atoms with E-state index >= 15 is 0 Å². The van der Waals surface area contributed by atoms with Gasteiger partial charge in [-0.25, -0.2) is 0 Å². The van der Waals surface area contributed by atoms with Gasteiger partial charge in [0, 0.05) is 6.42 Å². The summed E-state index contributed by atoms with van der Waals surface area (Å²) in [5, 5.41) is 0. The van der Waals surface area contributed by atoms with Crippen LogP contribution in [0.1, 0.15) is 47.5 Å². The Hall–Kier alpha value is -0.340. The molecular formula is C13H24O2. The molecule has 1 saturated heterocycles. The van der Waals surface area contributed by atoms with E-state index in [1.165, 1.54) is 0 Å². The maximum Gasteiger partial charge on any atom is 0.163 e. The summed E-state index contributed by atoms with van der Waals surface area (Å²) in [4.78, 5) is 0. The first kappa shape index (κ1) is 12.7. The van der Waals surface area contributed by atoms with Crippen LogP contribution in [-0.2, 0) is 9.47 Å². The van der Waals surface area contributed by atoms with Gasteiger partial charge in [0.25, 0.3) is 0 Å². The highest BCUT2D eigenvalue weighted by molar-refractivity contribution is 4.95. The van der Waals surface area contributed by atoms with Crippen molar-refractivity contribution in [3.63, 3.8) is 0 Å². The highest BCUT2D eigenvalue weighted by Gasteiger charge is 2.33. The molecule has 0 spiro atoms. The molecule has 0 aromatic heterocycles. The van der Waals surface area contributed by atoms with Gasteiger partial charge in [-0.15, -0.1) is 0 Å². The average Bonchev–Trinajstić information content (AvgIpc) is 2.12. The van der Waals surface area contributed by atoms with Gasteiger partial charge in [0.15, 0.2) is 5.79 Å². The zero-order chi connectivity index (χ0) is 11.5. The normalized spacial score (nSPS) is 31.3. The maximum atomic E-state index is 5.85. The summed E-state index contributed by atoms with van der Waals surface area (Å²) < 4.78 is 11.7. The molecule has 0 radical (unpaired) electrons. The predicted octanol–water partition coefficient (Wildman–Crippen LogP) is 3.52. The van der Waals surface area contributed by atoms with Gasteiger partial charge in [-0.3, -0.25) is 0 Å². The van der Waals surface area contributed by atoms with E-state index in [2.05, 4.69) is 32.9 Å². The van der Waals surface area contributed by atoms with Crippen molar-refractivity contribution in [2.45, 2.75) is 65.5 Å². The lowest BCUT2D eigenvalue weighted by Crippen LogP contribution is -2.43. The Morgan fingerprint density at radius 1 is 1.33 bits per heavy atom. The van der Waals surface area contributed by atoms with Crippen molar-refractivity contribution in [1.29, 1.82) is 0 Å². The maximum absolute atomic E-state index is 5.85. The van der Waals surface area contributed by atoms with Crippen LogP contribution in [0.5, 0.6) is 0 Å². The summed E-state index contributed by atoms with van der Waals surface area (Å²) >= 11 is 0. The first-order valence-corrected chi connectivity index (χ1v) is 5.97. The Bertz CT molecular complexity index is 219. The summed E-state index contributed by atoms with van der Waals surface area (Å²) in [6.07, 6.45) is 6.95. The van der Waals surface area contributed by atoms with Gasteiger partial charge in [-0.1, -0.05) is 32.9 Å². The fourth-order valence-corrected chi connectivity index (χ4v) is 1.86. The zero-order valence-electron chi connectivity index (χ0n) is 10.6. The van der Waals surface area contributed by atoms with Crippen LogP contribution in [0.25, 0.3) is 0 Å². The highest BCUT2D eigenvalue weighted by atomic mass is 16.7. The molecule has 0 aromatic rings. The van der Waals surface area contributed by atoms with E-state index < -0.39 is 5.79 Å². The molecule has 2 heteroatoms. The topological polar surface area (TPSA) is 18.5 Å². The monoisotopic (exact) mass is 212 g/mol. The minimum atomic E-state index is -0.440. The molecule has 2 unspecified atom stereocenters. The quantitative estimate of drug-likeness (QED) is 0.666. The standard InChI is InChI=1S/C13H24O2/c1-6-11-9-12(8-7-10(2)3)15-13(4,5)14-11/h7-8,10-12H,6,9H2,1-5H3/b8-7+. The summed E-state index contributed by atoms with van der Waals surface area (Å²) in [6.45, 7) is 10.5. The molecule has 1 rings (SSSR count). The van der Waals surface area contributed by atoms with Crippen LogP contribution in [0.3, 0.4) is 0 Å². The molecule has 1 fully saturated rings. The second-order valence-corrected chi connectivity index (χ2v) is 5.07. The molecular weight excluding hydrogens is 188 g/mol. The molecule has 1 aliphatic heterocycles. The molecule has 0 saturated carbocycles. The van der Waals surface area contributed by atoms with Gasteiger partial charge in [-0.05, 0) is 26.2 Å². The van der Waals surface area contributed by atoms with Crippen molar-refractivity contribution in [3.05, 3.63) is 12.2 Å². The molecule has 2 nitrogen and oxygen atoms in total. The third-order valence-corrected chi connectivity index (χ3v) is 2.55. The van der Waals surface area contributed by atoms with E-state index in [4.69, 9.17) is 9.47 Å². The van der Waals surface area contributed by atoms with Crippen LogP contribution in [0.4, 0.5) is 0 Å². The summed E-state index contributed by atoms with van der Waals surface area (Å²) in [6, 6.07) is 0. The number of ether oxygens (including phenoxy) is 2. The Kier molecular flexibility index (Phi) is 4.35. The van der Waals surface area contributed by atoms with Crippen molar-refractivity contribution < 1.29 is 9.47 Å². The van der Waals surface area contributed by atoms with Gasteiger partial charge in [0.2, 0.25) is 0 Å². The first-order valence-electron chi connectivity index (χ1n) is 5.97. The van der Waals surface area contributed by atoms with Gasteiger partial charge in [0.05, 0.1) is 12.2 Å². The average molecular weight is 212 g/mol. The molecule has 0 aliphatic carbocycles. The van der Waals surface area contributed by atoms with Gasteiger partial charge >= 0.3 is 0 Å². The molecule has 15 heavy (non-hydrogen) atoms. The van der Waals surface area contributed by atoms with Gasteiger partial charge < -0.3 is 9.47 Å². The van der Waals surface area contributed by atoms with Crippen LogP contribution < -0.4 is 0 Å². The Morgan fingerprint density at radius 3 is 2.53 bits per heavy atom. The van der Waals surface area contributed by atoms with Gasteiger partial charge in [-0.2, -0.15) is 0 Å². The lowest BCUT2D eigenvalue weighted by atomic mass is 10.0. The number of rotatable bonds is 3. The molecule has 0 aromatic carbocycles. The van der Waals surface area contributed by atoms with Crippen LogP contribution >= 0.6 is 0 Å². The zero-order valence-corrected chi connectivity index (χ0v) is 10.6. The Labute approximate surface area is 93.7 Å². The van der Waals surface area contributed by atoms with Crippen molar-refractivity contribution >= 4 is 0 Å². The molecule has 0 amide bonds. The second-order valence-electron chi connectivity index (χ2n) is 5.07. The summed E-state index contributed by atoms with van der Waals surface area (Å²) in [7, 11) is 0. The van der Waals surface area contributed by atoms with Gasteiger partial charge in [0.1, 0.15) is 0 Å². The predicted molar refractivity (Wildman–Crippen MR) is 62.7 cm³/mol. The van der Waals surface area contributed by atoms with E-state index in [1.54, 1.807) is 0 Å². The third kappa shape index (κ3) is 4.35. The fourth-order valence-electron chi connectivity index (χ4n) is 1.86. The Balaban J connectivity index is 2.58.